The summed E-state index contributed by atoms with van der Waals surface area (Å²) >= 11 is 0. The third-order valence-electron chi connectivity index (χ3n) is 2.42. The number of hydrogen-bond donors (Lipinski definition) is 1. The fourth-order valence-electron chi connectivity index (χ4n) is 1.76. The van der Waals surface area contributed by atoms with E-state index in [1.165, 1.54) is 12.3 Å². The minimum atomic E-state index is -0.940. The Kier molecular flexibility index (Phi) is 2.15. The molecule has 2 rings (SSSR count). The third-order valence-corrected chi connectivity index (χ3v) is 2.42. The summed E-state index contributed by atoms with van der Waals surface area (Å²) in [5.74, 6) is -0.940. The highest BCUT2D eigenvalue weighted by atomic mass is 16.4. The summed E-state index contributed by atoms with van der Waals surface area (Å²) in [6, 6.07) is 1.51. The standard InChI is InChI=1S/C10H11N3O2/c1-3-7-8-6(10(14)15)4-5-11-9(8)12-13(7)2/h4-5H,3H2,1-2H3,(H,14,15). The molecule has 5 heteroatoms. The van der Waals surface area contributed by atoms with E-state index >= 15 is 0 Å². The summed E-state index contributed by atoms with van der Waals surface area (Å²) in [7, 11) is 1.80. The molecule has 78 valence electrons. The van der Waals surface area contributed by atoms with E-state index in [4.69, 9.17) is 5.11 Å². The minimum absolute atomic E-state index is 0.268. The quantitative estimate of drug-likeness (QED) is 0.800. The number of hydrogen-bond acceptors (Lipinski definition) is 3. The van der Waals surface area contributed by atoms with Crippen LogP contribution < -0.4 is 0 Å². The van der Waals surface area contributed by atoms with Crippen molar-refractivity contribution < 1.29 is 9.90 Å². The lowest BCUT2D eigenvalue weighted by molar-refractivity contribution is 0.0699. The number of rotatable bonds is 2. The molecule has 0 aliphatic heterocycles. The molecule has 2 aromatic rings. The van der Waals surface area contributed by atoms with Gasteiger partial charge in [-0.15, -0.1) is 0 Å². The van der Waals surface area contributed by atoms with Crippen LogP contribution in [0, 0.1) is 0 Å². The van der Waals surface area contributed by atoms with E-state index in [2.05, 4.69) is 10.1 Å². The molecule has 0 radical (unpaired) electrons. The Bertz CT molecular complexity index is 531. The fourth-order valence-corrected chi connectivity index (χ4v) is 1.76. The molecular formula is C10H11N3O2. The van der Waals surface area contributed by atoms with E-state index in [1.54, 1.807) is 11.7 Å². The number of aromatic nitrogens is 3. The molecule has 0 unspecified atom stereocenters. The maximum atomic E-state index is 11.0. The fraction of sp³-hybridized carbons (Fsp3) is 0.300. The molecule has 0 aliphatic rings. The van der Waals surface area contributed by atoms with E-state index in [0.29, 0.717) is 11.0 Å². The molecule has 0 saturated carbocycles. The number of fused-ring (bicyclic) bond motifs is 1. The van der Waals surface area contributed by atoms with Crippen LogP contribution in [0.15, 0.2) is 12.3 Å². The van der Waals surface area contributed by atoms with Gasteiger partial charge in [0.25, 0.3) is 0 Å². The summed E-state index contributed by atoms with van der Waals surface area (Å²) in [6.45, 7) is 1.97. The van der Waals surface area contributed by atoms with Crippen molar-refractivity contribution in [2.75, 3.05) is 0 Å². The Hall–Kier alpha value is -1.91. The molecule has 0 fully saturated rings. The molecule has 1 N–H and O–H groups in total. The first kappa shape index (κ1) is 9.64. The topological polar surface area (TPSA) is 68.0 Å². The smallest absolute Gasteiger partial charge is 0.336 e. The summed E-state index contributed by atoms with van der Waals surface area (Å²) < 4.78 is 1.68. The molecular weight excluding hydrogens is 194 g/mol. The van der Waals surface area contributed by atoms with Gasteiger partial charge < -0.3 is 5.11 Å². The van der Waals surface area contributed by atoms with E-state index < -0.39 is 5.97 Å². The van der Waals surface area contributed by atoms with Gasteiger partial charge in [0.1, 0.15) is 0 Å². The van der Waals surface area contributed by atoms with Crippen molar-refractivity contribution in [3.05, 3.63) is 23.5 Å². The Morgan fingerprint density at radius 1 is 1.60 bits per heavy atom. The summed E-state index contributed by atoms with van der Waals surface area (Å²) in [6.07, 6.45) is 2.21. The first-order valence-electron chi connectivity index (χ1n) is 4.69. The molecule has 0 amide bonds. The number of carbonyl (C=O) groups is 1. The molecule has 2 aromatic heterocycles. The average molecular weight is 205 g/mol. The first-order valence-corrected chi connectivity index (χ1v) is 4.69. The lowest BCUT2D eigenvalue weighted by atomic mass is 10.1. The van der Waals surface area contributed by atoms with Crippen LogP contribution in [0.3, 0.4) is 0 Å². The van der Waals surface area contributed by atoms with Crippen molar-refractivity contribution in [2.24, 2.45) is 7.05 Å². The van der Waals surface area contributed by atoms with E-state index in [-0.39, 0.29) is 5.56 Å². The highest BCUT2D eigenvalue weighted by Crippen LogP contribution is 2.20. The summed E-state index contributed by atoms with van der Waals surface area (Å²) in [4.78, 5) is 15.1. The number of carboxylic acids is 1. The van der Waals surface area contributed by atoms with E-state index in [9.17, 15) is 4.79 Å². The molecule has 0 bridgehead atoms. The second kappa shape index (κ2) is 3.34. The maximum absolute atomic E-state index is 11.0. The largest absolute Gasteiger partial charge is 0.478 e. The van der Waals surface area contributed by atoms with Crippen molar-refractivity contribution in [2.45, 2.75) is 13.3 Å². The van der Waals surface area contributed by atoms with Gasteiger partial charge >= 0.3 is 5.97 Å². The zero-order chi connectivity index (χ0) is 11.0. The minimum Gasteiger partial charge on any atom is -0.478 e. The van der Waals surface area contributed by atoms with Crippen molar-refractivity contribution in [1.29, 1.82) is 0 Å². The van der Waals surface area contributed by atoms with Gasteiger partial charge in [-0.25, -0.2) is 9.78 Å². The molecule has 0 aliphatic carbocycles. The van der Waals surface area contributed by atoms with Crippen LogP contribution in [0.5, 0.6) is 0 Å². The molecule has 0 aromatic carbocycles. The van der Waals surface area contributed by atoms with Crippen molar-refractivity contribution in [3.8, 4) is 0 Å². The summed E-state index contributed by atoms with van der Waals surface area (Å²) in [5, 5.41) is 13.9. The van der Waals surface area contributed by atoms with Crippen molar-refractivity contribution >= 4 is 17.0 Å². The lowest BCUT2D eigenvalue weighted by Crippen LogP contribution is -2.00. The second-order valence-corrected chi connectivity index (χ2v) is 3.29. The van der Waals surface area contributed by atoms with Gasteiger partial charge in [0.2, 0.25) is 0 Å². The van der Waals surface area contributed by atoms with Crippen LogP contribution in [0.4, 0.5) is 0 Å². The molecule has 2 heterocycles. The number of carboxylic acid groups (broad SMARTS) is 1. The molecule has 15 heavy (non-hydrogen) atoms. The Labute approximate surface area is 86.4 Å². The van der Waals surface area contributed by atoms with Crippen molar-refractivity contribution in [3.63, 3.8) is 0 Å². The first-order chi connectivity index (χ1) is 7.15. The van der Waals surface area contributed by atoms with Gasteiger partial charge in [0, 0.05) is 18.9 Å². The Morgan fingerprint density at radius 2 is 2.33 bits per heavy atom. The Morgan fingerprint density at radius 3 is 2.93 bits per heavy atom. The number of aromatic carboxylic acids is 1. The van der Waals surface area contributed by atoms with Crippen molar-refractivity contribution in [1.82, 2.24) is 14.8 Å². The van der Waals surface area contributed by atoms with E-state index in [0.717, 1.165) is 12.1 Å². The van der Waals surface area contributed by atoms with Crippen LogP contribution in [0.2, 0.25) is 0 Å². The number of pyridine rings is 1. The molecule has 0 saturated heterocycles. The zero-order valence-corrected chi connectivity index (χ0v) is 8.56. The maximum Gasteiger partial charge on any atom is 0.336 e. The molecule has 0 atom stereocenters. The SMILES string of the molecule is CCc1c2c(C(=O)O)ccnc2nn1C. The monoisotopic (exact) mass is 205 g/mol. The van der Waals surface area contributed by atoms with Gasteiger partial charge in [-0.3, -0.25) is 4.68 Å². The van der Waals surface area contributed by atoms with E-state index in [1.807, 2.05) is 6.92 Å². The van der Waals surface area contributed by atoms with Crippen LogP contribution in [-0.4, -0.2) is 25.8 Å². The Balaban J connectivity index is 2.87. The number of nitrogens with zero attached hydrogens (tertiary/aromatic N) is 3. The van der Waals surface area contributed by atoms with Gasteiger partial charge in [0.05, 0.1) is 10.9 Å². The van der Waals surface area contributed by atoms with Crippen LogP contribution in [0.25, 0.3) is 11.0 Å². The normalized spacial score (nSPS) is 10.8. The third kappa shape index (κ3) is 1.36. The van der Waals surface area contributed by atoms with Gasteiger partial charge in [0.15, 0.2) is 5.65 Å². The average Bonchev–Trinajstić information content (AvgIpc) is 2.52. The highest BCUT2D eigenvalue weighted by molar-refractivity contribution is 6.02. The lowest BCUT2D eigenvalue weighted by Gasteiger charge is -1.99. The predicted molar refractivity (Wildman–Crippen MR) is 54.8 cm³/mol. The van der Waals surface area contributed by atoms with Crippen LogP contribution in [0.1, 0.15) is 23.0 Å². The number of aryl methyl sites for hydroxylation is 2. The van der Waals surface area contributed by atoms with Gasteiger partial charge in [-0.1, -0.05) is 6.92 Å². The van der Waals surface area contributed by atoms with Gasteiger partial charge in [-0.2, -0.15) is 5.10 Å². The summed E-state index contributed by atoms with van der Waals surface area (Å²) in [5.41, 5.74) is 1.66. The predicted octanol–water partition coefficient (Wildman–Crippen LogP) is 1.23. The van der Waals surface area contributed by atoms with Crippen LogP contribution in [-0.2, 0) is 13.5 Å². The zero-order valence-electron chi connectivity index (χ0n) is 8.56. The second-order valence-electron chi connectivity index (χ2n) is 3.29. The van der Waals surface area contributed by atoms with Gasteiger partial charge in [-0.05, 0) is 12.5 Å². The molecule has 5 nitrogen and oxygen atoms in total. The van der Waals surface area contributed by atoms with Crippen LogP contribution >= 0.6 is 0 Å². The highest BCUT2D eigenvalue weighted by Gasteiger charge is 2.16. The molecule has 0 spiro atoms.